The summed E-state index contributed by atoms with van der Waals surface area (Å²) in [4.78, 5) is 3.91. The number of aromatic nitrogens is 2. The molecule has 1 N–H and O–H groups in total. The Balaban J connectivity index is 0.00000306. The van der Waals surface area contributed by atoms with Crippen LogP contribution in [-0.4, -0.2) is 57.0 Å². The SMILES string of the molecule is CNCc1cc(-c2ccc(OCC3COCCO3)cc2F)n(S(=O)(=O)c2cccnc2)c1.Cl. The minimum absolute atomic E-state index is 0. The van der Waals surface area contributed by atoms with Crippen molar-refractivity contribution in [1.82, 2.24) is 14.3 Å². The zero-order valence-electron chi connectivity index (χ0n) is 17.9. The molecule has 2 aromatic heterocycles. The van der Waals surface area contributed by atoms with Crippen LogP contribution in [0, 0.1) is 5.82 Å². The molecule has 1 unspecified atom stereocenters. The van der Waals surface area contributed by atoms with Crippen LogP contribution in [-0.2, 0) is 26.0 Å². The summed E-state index contributed by atoms with van der Waals surface area (Å²) in [6.07, 6.45) is 4.03. The van der Waals surface area contributed by atoms with Crippen LogP contribution in [0.1, 0.15) is 5.56 Å². The summed E-state index contributed by atoms with van der Waals surface area (Å²) in [5.41, 5.74) is 1.06. The number of nitrogens with zero attached hydrogens (tertiary/aromatic N) is 2. The molecule has 1 aliphatic rings. The summed E-state index contributed by atoms with van der Waals surface area (Å²) in [7, 11) is -2.22. The fraction of sp³-hybridized carbons (Fsp3) is 0.318. The fourth-order valence-corrected chi connectivity index (χ4v) is 4.78. The summed E-state index contributed by atoms with van der Waals surface area (Å²) in [6.45, 7) is 2.13. The summed E-state index contributed by atoms with van der Waals surface area (Å²) in [6, 6.07) is 9.00. The zero-order valence-corrected chi connectivity index (χ0v) is 19.6. The number of rotatable bonds is 8. The molecule has 0 aliphatic carbocycles. The van der Waals surface area contributed by atoms with E-state index in [4.69, 9.17) is 14.2 Å². The lowest BCUT2D eigenvalue weighted by Gasteiger charge is -2.23. The number of hydrogen-bond donors (Lipinski definition) is 1. The van der Waals surface area contributed by atoms with Gasteiger partial charge >= 0.3 is 0 Å². The van der Waals surface area contributed by atoms with E-state index in [-0.39, 0.29) is 41.3 Å². The van der Waals surface area contributed by atoms with E-state index in [0.29, 0.717) is 37.7 Å². The third-order valence-electron chi connectivity index (χ3n) is 4.95. The Bertz CT molecular complexity index is 1170. The highest BCUT2D eigenvalue weighted by molar-refractivity contribution is 7.90. The van der Waals surface area contributed by atoms with Crippen molar-refractivity contribution in [3.63, 3.8) is 0 Å². The molecule has 11 heteroatoms. The molecule has 1 aromatic carbocycles. The molecule has 8 nitrogen and oxygen atoms in total. The molecule has 3 heterocycles. The quantitative estimate of drug-likeness (QED) is 0.511. The summed E-state index contributed by atoms with van der Waals surface area (Å²) < 4.78 is 59.1. The number of hydrogen-bond acceptors (Lipinski definition) is 7. The van der Waals surface area contributed by atoms with Gasteiger partial charge in [0.1, 0.15) is 29.2 Å². The Hall–Kier alpha value is -2.50. The smallest absolute Gasteiger partial charge is 0.269 e. The first-order valence-corrected chi connectivity index (χ1v) is 11.6. The predicted octanol–water partition coefficient (Wildman–Crippen LogP) is 2.86. The molecule has 1 fully saturated rings. The van der Waals surface area contributed by atoms with Crippen LogP contribution in [0.4, 0.5) is 4.39 Å². The maximum absolute atomic E-state index is 15.1. The maximum Gasteiger partial charge on any atom is 0.269 e. The maximum atomic E-state index is 15.1. The lowest BCUT2D eigenvalue weighted by atomic mass is 10.1. The molecule has 1 aliphatic heterocycles. The van der Waals surface area contributed by atoms with Crippen molar-refractivity contribution in [2.45, 2.75) is 17.5 Å². The van der Waals surface area contributed by atoms with E-state index in [9.17, 15) is 8.42 Å². The van der Waals surface area contributed by atoms with Crippen LogP contribution < -0.4 is 10.1 Å². The first kappa shape index (κ1) is 25.1. The van der Waals surface area contributed by atoms with Gasteiger partial charge in [-0.2, -0.15) is 0 Å². The van der Waals surface area contributed by atoms with Gasteiger partial charge in [0.25, 0.3) is 10.0 Å². The highest BCUT2D eigenvalue weighted by Crippen LogP contribution is 2.31. The number of benzene rings is 1. The van der Waals surface area contributed by atoms with Gasteiger partial charge in [0.2, 0.25) is 0 Å². The number of halogens is 2. The molecule has 0 saturated carbocycles. The van der Waals surface area contributed by atoms with Gasteiger partial charge in [-0.05, 0) is 42.9 Å². The molecule has 33 heavy (non-hydrogen) atoms. The molecule has 0 amide bonds. The van der Waals surface area contributed by atoms with Gasteiger partial charge in [-0.1, -0.05) is 0 Å². The van der Waals surface area contributed by atoms with Crippen molar-refractivity contribution in [3.8, 4) is 17.0 Å². The zero-order chi connectivity index (χ0) is 22.6. The van der Waals surface area contributed by atoms with E-state index in [0.717, 1.165) is 3.97 Å². The van der Waals surface area contributed by atoms with Gasteiger partial charge in [0, 0.05) is 36.8 Å². The standard InChI is InChI=1S/C22H24FN3O5S.ClH/c1-24-11-16-9-22(26(13-16)32(27,28)19-3-2-6-25-12-19)20-5-4-17(10-21(20)23)31-15-18-14-29-7-8-30-18;/h2-6,9-10,12-13,18,24H,7-8,11,14-15H2,1H3;1H. The van der Waals surface area contributed by atoms with Gasteiger partial charge in [-0.25, -0.2) is 16.8 Å². The van der Waals surface area contributed by atoms with Crippen molar-refractivity contribution >= 4 is 22.4 Å². The predicted molar refractivity (Wildman–Crippen MR) is 123 cm³/mol. The van der Waals surface area contributed by atoms with E-state index in [1.54, 1.807) is 25.2 Å². The van der Waals surface area contributed by atoms with Crippen molar-refractivity contribution in [2.75, 3.05) is 33.5 Å². The number of pyridine rings is 1. The molecule has 4 rings (SSSR count). The van der Waals surface area contributed by atoms with E-state index in [1.165, 1.54) is 36.8 Å². The highest BCUT2D eigenvalue weighted by Gasteiger charge is 2.24. The average Bonchev–Trinajstić information content (AvgIpc) is 3.24. The molecule has 0 spiro atoms. The third-order valence-corrected chi connectivity index (χ3v) is 6.61. The van der Waals surface area contributed by atoms with Gasteiger partial charge in [0.15, 0.2) is 0 Å². The van der Waals surface area contributed by atoms with Gasteiger partial charge in [-0.3, -0.25) is 4.98 Å². The second-order valence-corrected chi connectivity index (χ2v) is 9.09. The number of ether oxygens (including phenoxy) is 3. The Labute approximate surface area is 198 Å². The van der Waals surface area contributed by atoms with E-state index in [1.807, 2.05) is 0 Å². The first-order chi connectivity index (χ1) is 15.5. The normalized spacial score (nSPS) is 16.2. The Morgan fingerprint density at radius 3 is 2.79 bits per heavy atom. The average molecular weight is 498 g/mol. The fourth-order valence-electron chi connectivity index (χ4n) is 3.42. The largest absolute Gasteiger partial charge is 0.491 e. The van der Waals surface area contributed by atoms with Crippen LogP contribution >= 0.6 is 12.4 Å². The Kier molecular flexibility index (Phi) is 8.44. The third kappa shape index (κ3) is 5.71. The molecular formula is C22H25ClFN3O5S. The second kappa shape index (κ2) is 11.1. The number of nitrogens with one attached hydrogen (secondary N) is 1. The summed E-state index contributed by atoms with van der Waals surface area (Å²) >= 11 is 0. The first-order valence-electron chi connectivity index (χ1n) is 10.1. The molecule has 3 aromatic rings. The highest BCUT2D eigenvalue weighted by atomic mass is 35.5. The summed E-state index contributed by atoms with van der Waals surface area (Å²) in [5, 5.41) is 2.98. The lowest BCUT2D eigenvalue weighted by Crippen LogP contribution is -2.33. The van der Waals surface area contributed by atoms with Gasteiger partial charge in [0.05, 0.1) is 25.5 Å². The van der Waals surface area contributed by atoms with E-state index < -0.39 is 15.8 Å². The molecule has 1 atom stereocenters. The summed E-state index contributed by atoms with van der Waals surface area (Å²) in [5.74, 6) is -0.274. The van der Waals surface area contributed by atoms with Crippen molar-refractivity contribution in [1.29, 1.82) is 0 Å². The van der Waals surface area contributed by atoms with Crippen molar-refractivity contribution < 1.29 is 27.0 Å². The van der Waals surface area contributed by atoms with Crippen LogP contribution in [0.5, 0.6) is 5.75 Å². The van der Waals surface area contributed by atoms with E-state index >= 15 is 4.39 Å². The van der Waals surface area contributed by atoms with Crippen molar-refractivity contribution in [3.05, 3.63) is 66.4 Å². The minimum Gasteiger partial charge on any atom is -0.491 e. The van der Waals surface area contributed by atoms with Crippen LogP contribution in [0.25, 0.3) is 11.3 Å². The molecule has 1 saturated heterocycles. The second-order valence-electron chi connectivity index (χ2n) is 7.27. The monoisotopic (exact) mass is 497 g/mol. The van der Waals surface area contributed by atoms with Gasteiger partial charge in [-0.15, -0.1) is 12.4 Å². The Morgan fingerprint density at radius 2 is 2.12 bits per heavy atom. The van der Waals surface area contributed by atoms with E-state index in [2.05, 4.69) is 10.3 Å². The minimum atomic E-state index is -3.97. The van der Waals surface area contributed by atoms with Crippen LogP contribution in [0.2, 0.25) is 0 Å². The Morgan fingerprint density at radius 1 is 1.27 bits per heavy atom. The molecule has 178 valence electrons. The topological polar surface area (TPSA) is 91.7 Å². The molecular weight excluding hydrogens is 473 g/mol. The van der Waals surface area contributed by atoms with Crippen LogP contribution in [0.15, 0.2) is 59.9 Å². The van der Waals surface area contributed by atoms with Crippen molar-refractivity contribution in [2.24, 2.45) is 0 Å². The van der Waals surface area contributed by atoms with Crippen LogP contribution in [0.3, 0.4) is 0 Å². The van der Waals surface area contributed by atoms with Gasteiger partial charge < -0.3 is 19.5 Å². The molecule has 0 radical (unpaired) electrons. The lowest BCUT2D eigenvalue weighted by molar-refractivity contribution is -0.101. The molecule has 0 bridgehead atoms.